The molecule has 30 heavy (non-hydrogen) atoms. The summed E-state index contributed by atoms with van der Waals surface area (Å²) in [7, 11) is 0. The molecule has 0 fully saturated rings. The normalized spacial score (nSPS) is 10.8. The molecule has 0 unspecified atom stereocenters. The summed E-state index contributed by atoms with van der Waals surface area (Å²) in [6.07, 6.45) is 0. The first-order valence-corrected chi connectivity index (χ1v) is 10.4. The number of benzene rings is 2. The molecule has 4 aromatic rings. The monoisotopic (exact) mass is 415 g/mol. The first-order chi connectivity index (χ1) is 14.4. The van der Waals surface area contributed by atoms with E-state index in [0.717, 1.165) is 22.6 Å². The third-order valence-electron chi connectivity index (χ3n) is 4.87. The summed E-state index contributed by atoms with van der Waals surface area (Å²) >= 11 is 1.19. The summed E-state index contributed by atoms with van der Waals surface area (Å²) in [6.45, 7) is 5.61. The van der Waals surface area contributed by atoms with Crippen LogP contribution >= 0.6 is 11.3 Å². The maximum Gasteiger partial charge on any atom is 0.257 e. The van der Waals surface area contributed by atoms with Gasteiger partial charge in [-0.1, -0.05) is 41.7 Å². The lowest BCUT2D eigenvalue weighted by atomic mass is 10.1. The minimum atomic E-state index is -0.258. The van der Waals surface area contributed by atoms with E-state index in [0.29, 0.717) is 21.3 Å². The molecule has 0 radical (unpaired) electrons. The zero-order valence-corrected chi connectivity index (χ0v) is 17.8. The van der Waals surface area contributed by atoms with E-state index in [1.807, 2.05) is 56.3 Å². The Labute approximate surface area is 179 Å². The fourth-order valence-corrected chi connectivity index (χ4v) is 4.29. The van der Waals surface area contributed by atoms with Crippen LogP contribution in [-0.2, 0) is 0 Å². The highest BCUT2D eigenvalue weighted by molar-refractivity contribution is 7.18. The number of thiazole rings is 1. The van der Waals surface area contributed by atoms with E-state index in [-0.39, 0.29) is 11.7 Å². The van der Waals surface area contributed by atoms with Gasteiger partial charge in [-0.25, -0.2) is 4.98 Å². The number of hydrogen-bond acceptors (Lipinski definition) is 4. The molecule has 2 heterocycles. The Balaban J connectivity index is 1.58. The number of aryl methyl sites for hydroxylation is 2. The van der Waals surface area contributed by atoms with Crippen LogP contribution in [0, 0.1) is 13.8 Å². The maximum absolute atomic E-state index is 12.7. The largest absolute Gasteiger partial charge is 0.319 e. The van der Waals surface area contributed by atoms with Crippen LogP contribution in [0.15, 0.2) is 66.7 Å². The van der Waals surface area contributed by atoms with Crippen molar-refractivity contribution in [3.05, 3.63) is 88.6 Å². The fourth-order valence-electron chi connectivity index (χ4n) is 3.41. The smallest absolute Gasteiger partial charge is 0.257 e. The lowest BCUT2D eigenvalue weighted by molar-refractivity contribution is 0.101. The Morgan fingerprint density at radius 3 is 2.13 bits per heavy atom. The Kier molecular flexibility index (Phi) is 5.33. The first kappa shape index (κ1) is 19.8. The number of hydrogen-bond donors (Lipinski definition) is 1. The minimum absolute atomic E-state index is 0.0753. The summed E-state index contributed by atoms with van der Waals surface area (Å²) in [5, 5.41) is 3.24. The lowest BCUT2D eigenvalue weighted by Crippen LogP contribution is -2.11. The molecule has 0 aliphatic carbocycles. The molecule has 2 aromatic carbocycles. The number of rotatable bonds is 5. The van der Waals surface area contributed by atoms with E-state index in [2.05, 4.69) is 27.0 Å². The van der Waals surface area contributed by atoms with Crippen molar-refractivity contribution >= 4 is 28.2 Å². The molecule has 6 heteroatoms. The molecular weight excluding hydrogens is 394 g/mol. The standard InChI is InChI=1S/C24H21N3O2S/c1-15-9-10-16(2)27(15)20-13-11-19(12-14-20)23(29)26-24-25-21(22(30-24)17(3)28)18-7-5-4-6-8-18/h4-14H,1-3H3,(H,25,26,29). The van der Waals surface area contributed by atoms with E-state index in [1.165, 1.54) is 18.3 Å². The molecular formula is C24H21N3O2S. The molecule has 4 rings (SSSR count). The van der Waals surface area contributed by atoms with Gasteiger partial charge in [0.2, 0.25) is 0 Å². The minimum Gasteiger partial charge on any atom is -0.319 e. The van der Waals surface area contributed by atoms with Crippen LogP contribution in [0.2, 0.25) is 0 Å². The Morgan fingerprint density at radius 1 is 0.900 bits per heavy atom. The van der Waals surface area contributed by atoms with Gasteiger partial charge in [-0.05, 0) is 50.2 Å². The summed E-state index contributed by atoms with van der Waals surface area (Å²) in [6, 6.07) is 21.1. The van der Waals surface area contributed by atoms with Gasteiger partial charge >= 0.3 is 0 Å². The number of Topliss-reactive ketones (excluding diaryl/α,β-unsaturated/α-hetero) is 1. The average Bonchev–Trinajstić information content (AvgIpc) is 3.32. The number of ketones is 1. The van der Waals surface area contributed by atoms with E-state index < -0.39 is 0 Å². The van der Waals surface area contributed by atoms with Crippen molar-refractivity contribution < 1.29 is 9.59 Å². The van der Waals surface area contributed by atoms with Gasteiger partial charge in [0, 0.05) is 35.1 Å². The van der Waals surface area contributed by atoms with Crippen LogP contribution in [0.3, 0.4) is 0 Å². The van der Waals surface area contributed by atoms with Gasteiger partial charge in [0.1, 0.15) is 0 Å². The van der Waals surface area contributed by atoms with Crippen LogP contribution in [0.4, 0.5) is 5.13 Å². The van der Waals surface area contributed by atoms with E-state index in [4.69, 9.17) is 0 Å². The van der Waals surface area contributed by atoms with Crippen molar-refractivity contribution in [1.82, 2.24) is 9.55 Å². The number of aromatic nitrogens is 2. The SMILES string of the molecule is CC(=O)c1sc(NC(=O)c2ccc(-n3c(C)ccc3C)cc2)nc1-c1ccccc1. The predicted molar refractivity (Wildman–Crippen MR) is 121 cm³/mol. The molecule has 0 saturated carbocycles. The Morgan fingerprint density at radius 2 is 1.53 bits per heavy atom. The van der Waals surface area contributed by atoms with Crippen LogP contribution < -0.4 is 5.32 Å². The van der Waals surface area contributed by atoms with Crippen LogP contribution in [-0.4, -0.2) is 21.2 Å². The third-order valence-corrected chi connectivity index (χ3v) is 5.95. The molecule has 0 atom stereocenters. The predicted octanol–water partition coefficient (Wildman–Crippen LogP) is 5.67. The molecule has 1 amide bonds. The number of carbonyl (C=O) groups excluding carboxylic acids is 2. The van der Waals surface area contributed by atoms with E-state index in [1.54, 1.807) is 12.1 Å². The molecule has 0 spiro atoms. The Hall–Kier alpha value is -3.51. The molecule has 150 valence electrons. The third kappa shape index (κ3) is 3.82. The molecule has 0 aliphatic heterocycles. The highest BCUT2D eigenvalue weighted by atomic mass is 32.1. The number of anilines is 1. The van der Waals surface area contributed by atoms with Gasteiger partial charge in [-0.3, -0.25) is 14.9 Å². The molecule has 0 bridgehead atoms. The highest BCUT2D eigenvalue weighted by Crippen LogP contribution is 2.31. The van der Waals surface area contributed by atoms with Crippen LogP contribution in [0.1, 0.15) is 38.3 Å². The second-order valence-corrected chi connectivity index (χ2v) is 8.07. The Bertz CT molecular complexity index is 1200. The van der Waals surface area contributed by atoms with Gasteiger partial charge in [-0.2, -0.15) is 0 Å². The molecule has 1 N–H and O–H groups in total. The number of nitrogens with zero attached hydrogens (tertiary/aromatic N) is 2. The summed E-state index contributed by atoms with van der Waals surface area (Å²) in [4.78, 5) is 29.8. The first-order valence-electron chi connectivity index (χ1n) is 9.58. The van der Waals surface area contributed by atoms with Crippen molar-refractivity contribution in [2.45, 2.75) is 20.8 Å². The van der Waals surface area contributed by atoms with Gasteiger partial charge in [0.25, 0.3) is 5.91 Å². The molecule has 0 saturated heterocycles. The molecule has 2 aromatic heterocycles. The average molecular weight is 416 g/mol. The topological polar surface area (TPSA) is 64.0 Å². The van der Waals surface area contributed by atoms with Gasteiger partial charge < -0.3 is 4.57 Å². The number of carbonyl (C=O) groups is 2. The van der Waals surface area contributed by atoms with Crippen molar-refractivity contribution in [2.75, 3.05) is 5.32 Å². The maximum atomic E-state index is 12.7. The molecule has 5 nitrogen and oxygen atoms in total. The van der Waals surface area contributed by atoms with Crippen molar-refractivity contribution in [2.24, 2.45) is 0 Å². The van der Waals surface area contributed by atoms with E-state index >= 15 is 0 Å². The van der Waals surface area contributed by atoms with Gasteiger partial charge in [0.05, 0.1) is 10.6 Å². The van der Waals surface area contributed by atoms with Crippen LogP contribution in [0.5, 0.6) is 0 Å². The fraction of sp³-hybridized carbons (Fsp3) is 0.125. The second-order valence-electron chi connectivity index (χ2n) is 7.07. The summed E-state index contributed by atoms with van der Waals surface area (Å²) in [5.41, 5.74) is 5.25. The summed E-state index contributed by atoms with van der Waals surface area (Å²) in [5.74, 6) is -0.334. The highest BCUT2D eigenvalue weighted by Gasteiger charge is 2.18. The number of amides is 1. The lowest BCUT2D eigenvalue weighted by Gasteiger charge is -2.10. The quantitative estimate of drug-likeness (QED) is 0.427. The van der Waals surface area contributed by atoms with Crippen molar-refractivity contribution in [3.63, 3.8) is 0 Å². The van der Waals surface area contributed by atoms with E-state index in [9.17, 15) is 9.59 Å². The molecule has 0 aliphatic rings. The van der Waals surface area contributed by atoms with Gasteiger partial charge in [0.15, 0.2) is 10.9 Å². The number of nitrogens with one attached hydrogen (secondary N) is 1. The van der Waals surface area contributed by atoms with Crippen molar-refractivity contribution in [1.29, 1.82) is 0 Å². The second kappa shape index (κ2) is 8.08. The summed E-state index contributed by atoms with van der Waals surface area (Å²) < 4.78 is 2.13. The van der Waals surface area contributed by atoms with Gasteiger partial charge in [-0.15, -0.1) is 0 Å². The van der Waals surface area contributed by atoms with Crippen LogP contribution in [0.25, 0.3) is 16.9 Å². The zero-order chi connectivity index (χ0) is 21.3. The van der Waals surface area contributed by atoms with Crippen molar-refractivity contribution in [3.8, 4) is 16.9 Å². The zero-order valence-electron chi connectivity index (χ0n) is 17.0.